The zero-order valence-corrected chi connectivity index (χ0v) is 66.0. The molecule has 3 N–H and O–H groups in total. The molecule has 0 aliphatic carbocycles. The number of hydrogen-bond donors (Lipinski definition) is 3. The van der Waals surface area contributed by atoms with Crippen molar-refractivity contribution in [1.29, 1.82) is 0 Å². The summed E-state index contributed by atoms with van der Waals surface area (Å²) in [5, 5.41) is 10.6. The van der Waals surface area contributed by atoms with E-state index in [1.807, 2.05) is 0 Å². The smallest absolute Gasteiger partial charge is 0.462 e. The largest absolute Gasteiger partial charge is 0.472 e. The first-order valence-corrected chi connectivity index (χ1v) is 43.9. The Morgan fingerprint density at radius 3 is 0.776 bits per heavy atom. The van der Waals surface area contributed by atoms with E-state index < -0.39 is 97.5 Å². The number of phosphoric ester groups is 2. The number of hydrogen-bond acceptors (Lipinski definition) is 15. The Labute approximate surface area is 600 Å². The molecule has 0 aromatic carbocycles. The number of unbranched alkanes of at least 4 members (excludes halogenated alkanes) is 43. The van der Waals surface area contributed by atoms with Crippen LogP contribution in [0.5, 0.6) is 0 Å². The standard InChI is InChI=1S/C79H154O17P2/c1-8-11-12-13-14-15-16-19-27-32-41-48-55-62-78(83)96-75(67-90-77(82)61-54-47-40-35-34-38-45-52-59-72(7)10-3)69-94-98(87,88)92-65-73(80)64-91-97(85,86)93-68-74(66-89-76(81)60-53-46-39-31-26-23-22-24-29-36-43-50-57-70(4)5)95-79(84)63-56-49-42-33-28-21-18-17-20-25-30-37-44-51-58-71(6)9-2/h70-75,80H,8-69H2,1-7H3,(H,85,86)(H,87,88)/t71?,72?,73-,74-,75-/m1/s1. The van der Waals surface area contributed by atoms with Crippen molar-refractivity contribution in [2.75, 3.05) is 39.6 Å². The minimum atomic E-state index is -4.96. The lowest BCUT2D eigenvalue weighted by Crippen LogP contribution is -2.30. The van der Waals surface area contributed by atoms with Crippen molar-refractivity contribution in [3.05, 3.63) is 0 Å². The molecule has 17 nitrogen and oxygen atoms in total. The summed E-state index contributed by atoms with van der Waals surface area (Å²) >= 11 is 0. The van der Waals surface area contributed by atoms with E-state index in [-0.39, 0.29) is 25.7 Å². The maximum Gasteiger partial charge on any atom is 0.472 e. The van der Waals surface area contributed by atoms with Crippen LogP contribution in [0.1, 0.15) is 408 Å². The first-order valence-electron chi connectivity index (χ1n) is 40.9. The van der Waals surface area contributed by atoms with Gasteiger partial charge in [0.25, 0.3) is 0 Å². The summed E-state index contributed by atoms with van der Waals surface area (Å²) in [7, 11) is -9.92. The molecule has 0 aliphatic rings. The average molecular weight is 1440 g/mol. The predicted octanol–water partition coefficient (Wildman–Crippen LogP) is 23.4. The third-order valence-corrected chi connectivity index (χ3v) is 21.0. The summed E-state index contributed by atoms with van der Waals surface area (Å²) in [5.74, 6) is 0.294. The number of aliphatic hydroxyl groups excluding tert-OH is 1. The Bertz CT molecular complexity index is 1910. The molecule has 98 heavy (non-hydrogen) atoms. The van der Waals surface area contributed by atoms with Gasteiger partial charge in [0.15, 0.2) is 12.2 Å². The Balaban J connectivity index is 5.27. The zero-order valence-electron chi connectivity index (χ0n) is 64.3. The van der Waals surface area contributed by atoms with Crippen molar-refractivity contribution in [2.24, 2.45) is 17.8 Å². The maximum atomic E-state index is 13.1. The van der Waals surface area contributed by atoms with Crippen LogP contribution in [0.15, 0.2) is 0 Å². The highest BCUT2D eigenvalue weighted by Gasteiger charge is 2.30. The van der Waals surface area contributed by atoms with E-state index in [1.165, 1.54) is 218 Å². The topological polar surface area (TPSA) is 237 Å². The summed E-state index contributed by atoms with van der Waals surface area (Å²) in [4.78, 5) is 73.0. The molecular formula is C79H154O17P2. The lowest BCUT2D eigenvalue weighted by Gasteiger charge is -2.21. The van der Waals surface area contributed by atoms with E-state index in [9.17, 15) is 43.2 Å². The fourth-order valence-corrected chi connectivity index (χ4v) is 13.6. The normalized spacial score (nSPS) is 14.6. The van der Waals surface area contributed by atoms with Crippen LogP contribution in [-0.4, -0.2) is 96.7 Å². The van der Waals surface area contributed by atoms with Crippen molar-refractivity contribution in [3.8, 4) is 0 Å². The Morgan fingerprint density at radius 1 is 0.296 bits per heavy atom. The van der Waals surface area contributed by atoms with Gasteiger partial charge in [0.1, 0.15) is 19.3 Å². The molecule has 4 unspecified atom stereocenters. The summed E-state index contributed by atoms with van der Waals surface area (Å²) in [6, 6.07) is 0. The summed E-state index contributed by atoms with van der Waals surface area (Å²) in [6.07, 6.45) is 56.6. The van der Waals surface area contributed by atoms with Crippen LogP contribution in [0.2, 0.25) is 0 Å². The van der Waals surface area contributed by atoms with Crippen molar-refractivity contribution >= 4 is 39.5 Å². The first kappa shape index (κ1) is 96.1. The highest BCUT2D eigenvalue weighted by molar-refractivity contribution is 7.47. The average Bonchev–Trinajstić information content (AvgIpc) is 1.00. The third-order valence-electron chi connectivity index (χ3n) is 19.1. The maximum absolute atomic E-state index is 13.1. The highest BCUT2D eigenvalue weighted by Crippen LogP contribution is 2.45. The van der Waals surface area contributed by atoms with Gasteiger partial charge in [-0.1, -0.05) is 357 Å². The molecule has 0 radical (unpaired) electrons. The fourth-order valence-electron chi connectivity index (χ4n) is 12.1. The molecule has 0 rings (SSSR count). The SMILES string of the molecule is CCCCCCCCCCCCCCCC(=O)O[C@H](COC(=O)CCCCCCCCCCC(C)CC)COP(=O)(O)OC[C@H](O)COP(=O)(O)OC[C@@H](COC(=O)CCCCCCCCCCCCCCC(C)C)OC(=O)CCCCCCCCCCCCCCCCC(C)CC. The number of aliphatic hydroxyl groups is 1. The van der Waals surface area contributed by atoms with Gasteiger partial charge in [-0.15, -0.1) is 0 Å². The molecule has 0 bridgehead atoms. The van der Waals surface area contributed by atoms with Crippen LogP contribution in [0.25, 0.3) is 0 Å². The lowest BCUT2D eigenvalue weighted by molar-refractivity contribution is -0.161. The second kappa shape index (κ2) is 69.4. The summed E-state index contributed by atoms with van der Waals surface area (Å²) in [5.41, 5.74) is 0. The van der Waals surface area contributed by atoms with E-state index >= 15 is 0 Å². The second-order valence-electron chi connectivity index (χ2n) is 29.4. The number of carbonyl (C=O) groups excluding carboxylic acids is 4. The molecule has 582 valence electrons. The fraction of sp³-hybridized carbons (Fsp3) is 0.949. The van der Waals surface area contributed by atoms with Gasteiger partial charge < -0.3 is 33.8 Å². The molecule has 19 heteroatoms. The molecule has 0 aliphatic heterocycles. The Kier molecular flexibility index (Phi) is 68.1. The van der Waals surface area contributed by atoms with E-state index in [0.29, 0.717) is 25.7 Å². The number of esters is 4. The summed E-state index contributed by atoms with van der Waals surface area (Å²) in [6.45, 7) is 12.0. The van der Waals surface area contributed by atoms with E-state index in [1.54, 1.807) is 0 Å². The molecule has 0 saturated heterocycles. The molecule has 0 fully saturated rings. The minimum Gasteiger partial charge on any atom is -0.462 e. The number of carbonyl (C=O) groups is 4. The van der Waals surface area contributed by atoms with Crippen molar-refractivity contribution in [3.63, 3.8) is 0 Å². The number of phosphoric acid groups is 2. The Hall–Kier alpha value is -1.94. The van der Waals surface area contributed by atoms with Crippen LogP contribution in [0, 0.1) is 17.8 Å². The molecule has 7 atom stereocenters. The lowest BCUT2D eigenvalue weighted by atomic mass is 9.99. The van der Waals surface area contributed by atoms with Crippen LogP contribution < -0.4 is 0 Å². The number of rotatable bonds is 77. The van der Waals surface area contributed by atoms with Crippen LogP contribution in [0.3, 0.4) is 0 Å². The minimum absolute atomic E-state index is 0.107. The zero-order chi connectivity index (χ0) is 72.3. The molecule has 0 saturated carbocycles. The molecule has 0 amide bonds. The third kappa shape index (κ3) is 69.8. The quantitative estimate of drug-likeness (QED) is 0.0222. The monoisotopic (exact) mass is 1440 g/mol. The highest BCUT2D eigenvalue weighted by atomic mass is 31.2. The van der Waals surface area contributed by atoms with Crippen LogP contribution in [0.4, 0.5) is 0 Å². The molecule has 0 spiro atoms. The summed E-state index contributed by atoms with van der Waals surface area (Å²) < 4.78 is 68.7. The van der Waals surface area contributed by atoms with Gasteiger partial charge in [-0.25, -0.2) is 9.13 Å². The van der Waals surface area contributed by atoms with Gasteiger partial charge >= 0.3 is 39.5 Å². The molecule has 0 heterocycles. The van der Waals surface area contributed by atoms with Gasteiger partial charge in [-0.05, 0) is 43.4 Å². The van der Waals surface area contributed by atoms with E-state index in [2.05, 4.69) is 48.5 Å². The molecule has 0 aromatic heterocycles. The predicted molar refractivity (Wildman–Crippen MR) is 400 cm³/mol. The number of ether oxygens (including phenoxy) is 4. The van der Waals surface area contributed by atoms with E-state index in [4.69, 9.17) is 37.0 Å². The molecule has 0 aromatic rings. The van der Waals surface area contributed by atoms with Gasteiger partial charge in [0.2, 0.25) is 0 Å². The van der Waals surface area contributed by atoms with E-state index in [0.717, 1.165) is 108 Å². The van der Waals surface area contributed by atoms with Crippen LogP contribution >= 0.6 is 15.6 Å². The van der Waals surface area contributed by atoms with Crippen LogP contribution in [-0.2, 0) is 65.4 Å². The van der Waals surface area contributed by atoms with Crippen molar-refractivity contribution < 1.29 is 80.2 Å². The van der Waals surface area contributed by atoms with Gasteiger partial charge in [-0.3, -0.25) is 37.3 Å². The van der Waals surface area contributed by atoms with Crippen molar-refractivity contribution in [2.45, 2.75) is 426 Å². The molecular weight excluding hydrogens is 1280 g/mol. The van der Waals surface area contributed by atoms with Gasteiger partial charge in [0.05, 0.1) is 26.4 Å². The van der Waals surface area contributed by atoms with Gasteiger partial charge in [-0.2, -0.15) is 0 Å². The Morgan fingerprint density at radius 2 is 0.520 bits per heavy atom. The first-order chi connectivity index (χ1) is 47.3. The van der Waals surface area contributed by atoms with Crippen molar-refractivity contribution in [1.82, 2.24) is 0 Å². The second-order valence-corrected chi connectivity index (χ2v) is 32.3. The van der Waals surface area contributed by atoms with Gasteiger partial charge in [0, 0.05) is 25.7 Å².